The second kappa shape index (κ2) is 10.1. The van der Waals surface area contributed by atoms with Gasteiger partial charge in [0.05, 0.1) is 0 Å². The lowest BCUT2D eigenvalue weighted by Crippen LogP contribution is -2.55. The smallest absolute Gasteiger partial charge is 0.220 e. The molecular weight excluding hydrogens is 333 g/mol. The fourth-order valence-electron chi connectivity index (χ4n) is 4.54. The van der Waals surface area contributed by atoms with Gasteiger partial charge in [0.25, 0.3) is 0 Å². The molecule has 0 spiro atoms. The summed E-state index contributed by atoms with van der Waals surface area (Å²) in [5.41, 5.74) is 0. The van der Waals surface area contributed by atoms with Gasteiger partial charge in [-0.25, -0.2) is 0 Å². The number of carbonyl (C=O) groups is 1. The largest absolute Gasteiger partial charge is 0.353 e. The van der Waals surface area contributed by atoms with Gasteiger partial charge in [-0.15, -0.1) is 24.8 Å². The Kier molecular flexibility index (Phi) is 9.20. The van der Waals surface area contributed by atoms with Gasteiger partial charge in [-0.2, -0.15) is 0 Å². The molecule has 3 aliphatic rings. The standard InChI is InChI=1S/C17H31N3O.2ClH/c1-20-15-3-2-4-16(20)12-14(11-15)19-17(21)6-5-13-7-9-18-10-8-13;;/h13-16,18H,2-12H2,1H3,(H,19,21);2*1H. The second-order valence-electron chi connectivity index (χ2n) is 7.37. The van der Waals surface area contributed by atoms with Gasteiger partial charge >= 0.3 is 0 Å². The highest BCUT2D eigenvalue weighted by Crippen LogP contribution is 2.32. The first-order chi connectivity index (χ1) is 10.2. The summed E-state index contributed by atoms with van der Waals surface area (Å²) in [5, 5.41) is 6.72. The predicted octanol–water partition coefficient (Wildman–Crippen LogP) is 2.74. The van der Waals surface area contributed by atoms with E-state index in [1.807, 2.05) is 0 Å². The van der Waals surface area contributed by atoms with Crippen molar-refractivity contribution in [3.8, 4) is 0 Å². The van der Waals surface area contributed by atoms with Crippen LogP contribution in [0.15, 0.2) is 0 Å². The lowest BCUT2D eigenvalue weighted by atomic mass is 9.82. The van der Waals surface area contributed by atoms with Crippen molar-refractivity contribution in [3.05, 3.63) is 0 Å². The number of halogens is 2. The average Bonchev–Trinajstić information content (AvgIpc) is 2.47. The lowest BCUT2D eigenvalue weighted by molar-refractivity contribution is -0.122. The minimum Gasteiger partial charge on any atom is -0.353 e. The van der Waals surface area contributed by atoms with Crippen LogP contribution in [-0.4, -0.2) is 49.1 Å². The molecule has 2 atom stereocenters. The van der Waals surface area contributed by atoms with Gasteiger partial charge in [0, 0.05) is 24.5 Å². The number of hydrogen-bond donors (Lipinski definition) is 2. The Morgan fingerprint density at radius 3 is 2.30 bits per heavy atom. The molecule has 3 heterocycles. The molecule has 0 saturated carbocycles. The summed E-state index contributed by atoms with van der Waals surface area (Å²) in [5.74, 6) is 1.05. The molecule has 0 radical (unpaired) electrons. The first-order valence-electron chi connectivity index (χ1n) is 8.94. The van der Waals surface area contributed by atoms with E-state index in [2.05, 4.69) is 22.6 Å². The highest BCUT2D eigenvalue weighted by molar-refractivity contribution is 5.85. The molecule has 4 nitrogen and oxygen atoms in total. The molecule has 0 aromatic rings. The summed E-state index contributed by atoms with van der Waals surface area (Å²) in [6.45, 7) is 2.26. The van der Waals surface area contributed by atoms with Gasteiger partial charge in [0.1, 0.15) is 0 Å². The van der Waals surface area contributed by atoms with Crippen molar-refractivity contribution in [1.29, 1.82) is 0 Å². The van der Waals surface area contributed by atoms with Crippen molar-refractivity contribution < 1.29 is 4.79 Å². The average molecular weight is 366 g/mol. The molecule has 2 bridgehead atoms. The third-order valence-corrected chi connectivity index (χ3v) is 5.94. The number of nitrogens with one attached hydrogen (secondary N) is 2. The highest BCUT2D eigenvalue weighted by Gasteiger charge is 2.36. The molecule has 6 heteroatoms. The van der Waals surface area contributed by atoms with Crippen LogP contribution in [0.3, 0.4) is 0 Å². The number of carbonyl (C=O) groups excluding carboxylic acids is 1. The summed E-state index contributed by atoms with van der Waals surface area (Å²) in [6.07, 6.45) is 10.6. The van der Waals surface area contributed by atoms with Gasteiger partial charge in [0.15, 0.2) is 0 Å². The van der Waals surface area contributed by atoms with Crippen molar-refractivity contribution in [2.45, 2.75) is 75.9 Å². The number of piperidine rings is 3. The lowest BCUT2D eigenvalue weighted by Gasteiger charge is -2.47. The van der Waals surface area contributed by atoms with Crippen molar-refractivity contribution >= 4 is 30.7 Å². The van der Waals surface area contributed by atoms with Crippen LogP contribution >= 0.6 is 24.8 Å². The third-order valence-electron chi connectivity index (χ3n) is 5.94. The Labute approximate surface area is 153 Å². The van der Waals surface area contributed by atoms with Crippen LogP contribution in [0, 0.1) is 5.92 Å². The van der Waals surface area contributed by atoms with Crippen molar-refractivity contribution in [2.75, 3.05) is 20.1 Å². The number of nitrogens with zero attached hydrogens (tertiary/aromatic N) is 1. The number of fused-ring (bicyclic) bond motifs is 2. The van der Waals surface area contributed by atoms with Gasteiger partial charge in [-0.05, 0) is 71.0 Å². The van der Waals surface area contributed by atoms with E-state index in [0.717, 1.165) is 44.7 Å². The number of hydrogen-bond acceptors (Lipinski definition) is 3. The van der Waals surface area contributed by atoms with Crippen molar-refractivity contribution in [1.82, 2.24) is 15.5 Å². The molecule has 23 heavy (non-hydrogen) atoms. The Bertz CT molecular complexity index is 350. The Morgan fingerprint density at radius 1 is 1.09 bits per heavy atom. The fourth-order valence-corrected chi connectivity index (χ4v) is 4.54. The Morgan fingerprint density at radius 2 is 1.70 bits per heavy atom. The third kappa shape index (κ3) is 5.77. The molecule has 0 aromatic heterocycles. The molecule has 136 valence electrons. The molecule has 2 unspecified atom stereocenters. The molecule has 1 amide bonds. The fraction of sp³-hybridized carbons (Fsp3) is 0.941. The van der Waals surface area contributed by atoms with Crippen LogP contribution in [0.2, 0.25) is 0 Å². The van der Waals surface area contributed by atoms with E-state index in [-0.39, 0.29) is 24.8 Å². The first kappa shape index (κ1) is 21.0. The Balaban J connectivity index is 0.00000132. The van der Waals surface area contributed by atoms with Crippen LogP contribution in [0.25, 0.3) is 0 Å². The van der Waals surface area contributed by atoms with Gasteiger partial charge in [0.2, 0.25) is 5.91 Å². The maximum absolute atomic E-state index is 12.2. The van der Waals surface area contributed by atoms with Gasteiger partial charge < -0.3 is 15.5 Å². The molecule has 0 aromatic carbocycles. The summed E-state index contributed by atoms with van der Waals surface area (Å²) in [4.78, 5) is 14.8. The van der Waals surface area contributed by atoms with Crippen LogP contribution in [0.1, 0.15) is 57.8 Å². The summed E-state index contributed by atoms with van der Waals surface area (Å²) in [6, 6.07) is 1.83. The SMILES string of the molecule is CN1C2CCCC1CC(NC(=O)CCC1CCNCC1)C2.Cl.Cl. The quantitative estimate of drug-likeness (QED) is 0.804. The zero-order valence-electron chi connectivity index (χ0n) is 14.3. The monoisotopic (exact) mass is 365 g/mol. The maximum Gasteiger partial charge on any atom is 0.220 e. The predicted molar refractivity (Wildman–Crippen MR) is 99.7 cm³/mol. The van der Waals surface area contributed by atoms with Gasteiger partial charge in [-0.1, -0.05) is 6.42 Å². The van der Waals surface area contributed by atoms with Gasteiger partial charge in [-0.3, -0.25) is 4.79 Å². The van der Waals surface area contributed by atoms with E-state index in [4.69, 9.17) is 0 Å². The zero-order valence-corrected chi connectivity index (χ0v) is 15.9. The number of amides is 1. The van der Waals surface area contributed by atoms with E-state index < -0.39 is 0 Å². The number of rotatable bonds is 4. The van der Waals surface area contributed by atoms with E-state index >= 15 is 0 Å². The van der Waals surface area contributed by atoms with Crippen LogP contribution < -0.4 is 10.6 Å². The molecule has 2 N–H and O–H groups in total. The maximum atomic E-state index is 12.2. The minimum absolute atomic E-state index is 0. The molecule has 0 aliphatic carbocycles. The van der Waals surface area contributed by atoms with E-state index in [9.17, 15) is 4.79 Å². The second-order valence-corrected chi connectivity index (χ2v) is 7.37. The van der Waals surface area contributed by atoms with E-state index in [1.54, 1.807) is 0 Å². The molecule has 3 saturated heterocycles. The van der Waals surface area contributed by atoms with Crippen molar-refractivity contribution in [2.24, 2.45) is 5.92 Å². The highest BCUT2D eigenvalue weighted by atomic mass is 35.5. The molecule has 3 aliphatic heterocycles. The van der Waals surface area contributed by atoms with Crippen molar-refractivity contribution in [3.63, 3.8) is 0 Å². The first-order valence-corrected chi connectivity index (χ1v) is 8.94. The molecule has 3 fully saturated rings. The normalized spacial score (nSPS) is 31.6. The van der Waals surface area contributed by atoms with E-state index in [1.165, 1.54) is 32.1 Å². The summed E-state index contributed by atoms with van der Waals surface area (Å²) < 4.78 is 0. The topological polar surface area (TPSA) is 44.4 Å². The molecular formula is C17H33Cl2N3O. The van der Waals surface area contributed by atoms with Crippen LogP contribution in [0.4, 0.5) is 0 Å². The molecule has 3 rings (SSSR count). The summed E-state index contributed by atoms with van der Waals surface area (Å²) >= 11 is 0. The Hall–Kier alpha value is -0.0300. The summed E-state index contributed by atoms with van der Waals surface area (Å²) in [7, 11) is 2.27. The van der Waals surface area contributed by atoms with Crippen LogP contribution in [-0.2, 0) is 4.79 Å². The minimum atomic E-state index is 0. The zero-order chi connectivity index (χ0) is 14.7. The van der Waals surface area contributed by atoms with Crippen LogP contribution in [0.5, 0.6) is 0 Å². The van der Waals surface area contributed by atoms with E-state index in [0.29, 0.717) is 24.0 Å².